The van der Waals surface area contributed by atoms with Crippen molar-refractivity contribution >= 4 is 11.9 Å². The summed E-state index contributed by atoms with van der Waals surface area (Å²) in [6.45, 7) is 4.45. The van der Waals surface area contributed by atoms with Crippen molar-refractivity contribution < 1.29 is 66.4 Å². The molecule has 0 saturated carbocycles. The zero-order valence-electron chi connectivity index (χ0n) is 11.6. The molecular formula is C11H21KN4O3. The number of likely N-dealkylation sites (N-methyl/N-ethyl adjacent to an activating group) is 1. The first-order valence-electron chi connectivity index (χ1n) is 5.85. The van der Waals surface area contributed by atoms with E-state index in [9.17, 15) is 9.90 Å². The first-order valence-corrected chi connectivity index (χ1v) is 5.85. The van der Waals surface area contributed by atoms with E-state index in [-0.39, 0.29) is 51.4 Å². The molecule has 7 nitrogen and oxygen atoms in total. The number of carboxylic acids is 1. The van der Waals surface area contributed by atoms with Gasteiger partial charge in [-0.3, -0.25) is 4.99 Å². The molecule has 0 amide bonds. The molecule has 0 bridgehead atoms. The average molecular weight is 296 g/mol. The molecule has 0 rings (SSSR count). The van der Waals surface area contributed by atoms with Crippen LogP contribution in [-0.2, 0) is 4.79 Å². The maximum atomic E-state index is 11.0. The Labute approximate surface area is 156 Å². The molecule has 0 radical (unpaired) electrons. The molecule has 0 fully saturated rings. The molecule has 0 aromatic heterocycles. The summed E-state index contributed by atoms with van der Waals surface area (Å²) in [5, 5.41) is 28.6. The second-order valence-corrected chi connectivity index (χ2v) is 3.50. The van der Waals surface area contributed by atoms with Gasteiger partial charge in [-0.2, -0.15) is 0 Å². The molecule has 0 heterocycles. The first kappa shape index (κ1) is 21.5. The summed E-state index contributed by atoms with van der Waals surface area (Å²) in [6, 6.07) is 0. The molecule has 0 unspecified atom stereocenters. The van der Waals surface area contributed by atoms with Crippen LogP contribution >= 0.6 is 0 Å². The minimum absolute atomic E-state index is 0. The zero-order chi connectivity index (χ0) is 13.6. The van der Waals surface area contributed by atoms with Gasteiger partial charge in [0.05, 0.1) is 6.54 Å². The SMILES string of the molecule is CNCCNCCNCCN=C([O-])/C=C/C(=O)O.[K+]. The van der Waals surface area contributed by atoms with Crippen molar-refractivity contribution in [3.63, 3.8) is 0 Å². The Hall–Kier alpha value is 0.196. The molecule has 8 heteroatoms. The average Bonchev–Trinajstić information content (AvgIpc) is 2.34. The predicted molar refractivity (Wildman–Crippen MR) is 68.7 cm³/mol. The number of nitrogens with one attached hydrogen (secondary N) is 3. The monoisotopic (exact) mass is 296 g/mol. The fraction of sp³-hybridized carbons (Fsp3) is 0.636. The Morgan fingerprint density at radius 1 is 1.16 bits per heavy atom. The van der Waals surface area contributed by atoms with E-state index in [4.69, 9.17) is 5.11 Å². The van der Waals surface area contributed by atoms with Crippen LogP contribution in [0.4, 0.5) is 0 Å². The van der Waals surface area contributed by atoms with Crippen molar-refractivity contribution in [2.45, 2.75) is 0 Å². The van der Waals surface area contributed by atoms with E-state index in [1.54, 1.807) is 0 Å². The van der Waals surface area contributed by atoms with Crippen LogP contribution in [0, 0.1) is 0 Å². The normalized spacial score (nSPS) is 11.5. The van der Waals surface area contributed by atoms with Gasteiger partial charge in [-0.15, -0.1) is 0 Å². The molecule has 0 aromatic rings. The van der Waals surface area contributed by atoms with Gasteiger partial charge in [-0.1, -0.05) is 0 Å². The van der Waals surface area contributed by atoms with E-state index in [1.165, 1.54) is 0 Å². The molecule has 0 aliphatic heterocycles. The van der Waals surface area contributed by atoms with Gasteiger partial charge in [0.25, 0.3) is 0 Å². The number of carbonyl (C=O) groups is 1. The summed E-state index contributed by atoms with van der Waals surface area (Å²) < 4.78 is 0. The van der Waals surface area contributed by atoms with Gasteiger partial charge in [-0.05, 0) is 19.0 Å². The van der Waals surface area contributed by atoms with E-state index in [0.717, 1.165) is 38.3 Å². The summed E-state index contributed by atoms with van der Waals surface area (Å²) in [7, 11) is 1.90. The molecule has 0 atom stereocenters. The Bertz CT molecular complexity index is 285. The topological polar surface area (TPSA) is 109 Å². The number of aliphatic imine (C=N–C) groups is 1. The summed E-state index contributed by atoms with van der Waals surface area (Å²) in [4.78, 5) is 13.8. The number of nitrogens with zero attached hydrogens (tertiary/aromatic N) is 1. The minimum atomic E-state index is -1.15. The van der Waals surface area contributed by atoms with E-state index in [0.29, 0.717) is 13.1 Å². The second-order valence-electron chi connectivity index (χ2n) is 3.50. The van der Waals surface area contributed by atoms with Crippen LogP contribution in [0.2, 0.25) is 0 Å². The van der Waals surface area contributed by atoms with Crippen molar-refractivity contribution in [2.24, 2.45) is 4.99 Å². The molecule has 0 spiro atoms. The van der Waals surface area contributed by atoms with Gasteiger partial charge in [0.15, 0.2) is 0 Å². The first-order chi connectivity index (χ1) is 8.66. The van der Waals surface area contributed by atoms with Gasteiger partial charge in [-0.25, -0.2) is 4.79 Å². The molecule has 4 N–H and O–H groups in total. The van der Waals surface area contributed by atoms with E-state index >= 15 is 0 Å². The van der Waals surface area contributed by atoms with Crippen molar-refractivity contribution in [3.8, 4) is 0 Å². The molecule has 0 aromatic carbocycles. The number of aliphatic carboxylic acids is 1. The summed E-state index contributed by atoms with van der Waals surface area (Å²) in [5.41, 5.74) is 0. The van der Waals surface area contributed by atoms with Gasteiger partial charge in [0, 0.05) is 38.8 Å². The Morgan fingerprint density at radius 3 is 2.32 bits per heavy atom. The molecule has 0 saturated heterocycles. The van der Waals surface area contributed by atoms with Crippen molar-refractivity contribution in [2.75, 3.05) is 46.3 Å². The third-order valence-corrected chi connectivity index (χ3v) is 1.96. The summed E-state index contributed by atoms with van der Waals surface area (Å²) in [6.07, 6.45) is 1.73. The summed E-state index contributed by atoms with van der Waals surface area (Å²) in [5.74, 6) is -1.67. The van der Waals surface area contributed by atoms with E-state index in [1.807, 2.05) is 7.05 Å². The third kappa shape index (κ3) is 18.2. The standard InChI is InChI=1S/C11H22N4O3.K/c1-12-4-5-13-6-7-14-8-9-15-10(16)2-3-11(17)18;/h2-3,12-14H,4-9H2,1H3,(H,15,16)(H,17,18);/q;+1/p-1/b3-2+;. The van der Waals surface area contributed by atoms with Crippen LogP contribution in [0.3, 0.4) is 0 Å². The fourth-order valence-corrected chi connectivity index (χ4v) is 1.08. The van der Waals surface area contributed by atoms with Crippen LogP contribution in [0.1, 0.15) is 0 Å². The van der Waals surface area contributed by atoms with Gasteiger partial charge in [0.1, 0.15) is 0 Å². The minimum Gasteiger partial charge on any atom is -0.859 e. The quantitative estimate of drug-likeness (QED) is 0.0998. The number of rotatable bonds is 11. The molecule has 0 aliphatic carbocycles. The van der Waals surface area contributed by atoms with Crippen molar-refractivity contribution in [1.82, 2.24) is 16.0 Å². The smallest absolute Gasteiger partial charge is 0.859 e. The fourth-order valence-electron chi connectivity index (χ4n) is 1.08. The Morgan fingerprint density at radius 2 is 1.74 bits per heavy atom. The Balaban J connectivity index is 0. The van der Waals surface area contributed by atoms with Crippen LogP contribution < -0.4 is 72.4 Å². The molecular weight excluding hydrogens is 275 g/mol. The van der Waals surface area contributed by atoms with Crippen LogP contribution in [0.5, 0.6) is 0 Å². The molecule has 19 heavy (non-hydrogen) atoms. The maximum Gasteiger partial charge on any atom is 1.00 e. The predicted octanol–water partition coefficient (Wildman–Crippen LogP) is -5.21. The number of carboxylic acid groups (broad SMARTS) is 1. The molecule has 0 aliphatic rings. The van der Waals surface area contributed by atoms with Gasteiger partial charge >= 0.3 is 57.4 Å². The van der Waals surface area contributed by atoms with Crippen molar-refractivity contribution in [3.05, 3.63) is 12.2 Å². The second kappa shape index (κ2) is 16.3. The zero-order valence-corrected chi connectivity index (χ0v) is 14.7. The van der Waals surface area contributed by atoms with Crippen molar-refractivity contribution in [1.29, 1.82) is 0 Å². The van der Waals surface area contributed by atoms with Gasteiger partial charge < -0.3 is 26.2 Å². The van der Waals surface area contributed by atoms with Crippen LogP contribution in [0.15, 0.2) is 17.1 Å². The Kier molecular flexibility index (Phi) is 18.4. The van der Waals surface area contributed by atoms with Crippen LogP contribution in [-0.4, -0.2) is 63.3 Å². The largest absolute Gasteiger partial charge is 1.00 e. The van der Waals surface area contributed by atoms with Gasteiger partial charge in [0.2, 0.25) is 0 Å². The van der Waals surface area contributed by atoms with E-state index < -0.39 is 11.9 Å². The maximum absolute atomic E-state index is 11.0. The summed E-state index contributed by atoms with van der Waals surface area (Å²) >= 11 is 0. The third-order valence-electron chi connectivity index (χ3n) is 1.96. The number of hydrogen-bond acceptors (Lipinski definition) is 6. The molecule has 104 valence electrons. The van der Waals surface area contributed by atoms with E-state index in [2.05, 4.69) is 20.9 Å². The van der Waals surface area contributed by atoms with Crippen LogP contribution in [0.25, 0.3) is 0 Å². The number of hydrogen-bond donors (Lipinski definition) is 4.